The lowest BCUT2D eigenvalue weighted by atomic mass is 9.68. The first-order chi connectivity index (χ1) is 15.5. The molecule has 162 valence electrons. The van der Waals surface area contributed by atoms with Crippen molar-refractivity contribution in [2.24, 2.45) is 0 Å². The summed E-state index contributed by atoms with van der Waals surface area (Å²) in [7, 11) is 8.28. The number of rotatable bonds is 5. The van der Waals surface area contributed by atoms with E-state index >= 15 is 0 Å². The van der Waals surface area contributed by atoms with E-state index < -0.39 is 0 Å². The molecule has 0 unspecified atom stereocenters. The van der Waals surface area contributed by atoms with Gasteiger partial charge in [-0.1, -0.05) is 36.4 Å². The molecule has 0 atom stereocenters. The standard InChI is InChI=1S/C24H26N8/c1-31(2)18-9-5-7-16(13-18)24(17-8-6-10-19(14-17)32(3)4)12-11-20-21(15-24)25-26-22(20)23-27-29-30-28-23/h5-14H,15H2,1-4H3,(H,25,26)(H,27,28,29,30). The molecule has 1 aliphatic rings. The Labute approximate surface area is 187 Å². The van der Waals surface area contributed by atoms with Crippen molar-refractivity contribution < 1.29 is 0 Å². The molecule has 0 saturated heterocycles. The predicted octanol–water partition coefficient (Wildman–Crippen LogP) is 3.28. The van der Waals surface area contributed by atoms with Crippen LogP contribution in [0.2, 0.25) is 0 Å². The molecule has 0 bridgehead atoms. The molecule has 8 nitrogen and oxygen atoms in total. The molecule has 0 saturated carbocycles. The smallest absolute Gasteiger partial charge is 0.200 e. The van der Waals surface area contributed by atoms with E-state index in [1.165, 1.54) is 22.5 Å². The van der Waals surface area contributed by atoms with Gasteiger partial charge in [0.2, 0.25) is 5.82 Å². The molecule has 5 rings (SSSR count). The maximum atomic E-state index is 4.52. The number of aromatic nitrogens is 6. The molecule has 32 heavy (non-hydrogen) atoms. The Morgan fingerprint density at radius 3 is 2.09 bits per heavy atom. The van der Waals surface area contributed by atoms with Gasteiger partial charge in [0, 0.05) is 62.7 Å². The summed E-state index contributed by atoms with van der Waals surface area (Å²) in [5.41, 5.74) is 7.29. The number of aromatic amines is 2. The Kier molecular flexibility index (Phi) is 4.77. The van der Waals surface area contributed by atoms with Gasteiger partial charge in [-0.3, -0.25) is 5.10 Å². The molecule has 2 N–H and O–H groups in total. The molecule has 8 heteroatoms. The highest BCUT2D eigenvalue weighted by Crippen LogP contribution is 2.44. The van der Waals surface area contributed by atoms with Crippen LogP contribution in [0.25, 0.3) is 17.6 Å². The summed E-state index contributed by atoms with van der Waals surface area (Å²) >= 11 is 0. The minimum atomic E-state index is -0.339. The molecular weight excluding hydrogens is 400 g/mol. The number of hydrogen-bond donors (Lipinski definition) is 2. The van der Waals surface area contributed by atoms with Crippen molar-refractivity contribution in [3.63, 3.8) is 0 Å². The van der Waals surface area contributed by atoms with Crippen molar-refractivity contribution >= 4 is 17.5 Å². The third kappa shape index (κ3) is 3.24. The first kappa shape index (κ1) is 20.0. The largest absolute Gasteiger partial charge is 0.378 e. The number of benzene rings is 2. The van der Waals surface area contributed by atoms with Gasteiger partial charge in [0.15, 0.2) is 0 Å². The van der Waals surface area contributed by atoms with Crippen molar-refractivity contribution in [3.05, 3.63) is 77.0 Å². The zero-order chi connectivity index (χ0) is 22.3. The topological polar surface area (TPSA) is 89.6 Å². The van der Waals surface area contributed by atoms with Crippen molar-refractivity contribution in [2.45, 2.75) is 11.8 Å². The summed E-state index contributed by atoms with van der Waals surface area (Å²) in [6.45, 7) is 0. The van der Waals surface area contributed by atoms with Crippen molar-refractivity contribution in [2.75, 3.05) is 38.0 Å². The molecular formula is C24H26N8. The average Bonchev–Trinajstić information content (AvgIpc) is 3.48. The van der Waals surface area contributed by atoms with Crippen LogP contribution in [0.15, 0.2) is 54.6 Å². The van der Waals surface area contributed by atoms with E-state index in [4.69, 9.17) is 0 Å². The summed E-state index contributed by atoms with van der Waals surface area (Å²) in [6.07, 6.45) is 5.19. The van der Waals surface area contributed by atoms with Gasteiger partial charge in [0.1, 0.15) is 5.69 Å². The average molecular weight is 427 g/mol. The summed E-state index contributed by atoms with van der Waals surface area (Å²) in [6, 6.07) is 17.5. The fourth-order valence-electron chi connectivity index (χ4n) is 4.39. The second-order valence-electron chi connectivity index (χ2n) is 8.59. The number of nitrogens with zero attached hydrogens (tertiary/aromatic N) is 6. The first-order valence-electron chi connectivity index (χ1n) is 10.5. The highest BCUT2D eigenvalue weighted by molar-refractivity contribution is 5.74. The Bertz CT molecular complexity index is 1220. The first-order valence-corrected chi connectivity index (χ1v) is 10.5. The van der Waals surface area contributed by atoms with Gasteiger partial charge < -0.3 is 9.80 Å². The molecule has 0 radical (unpaired) electrons. The third-order valence-corrected chi connectivity index (χ3v) is 6.20. The molecule has 2 aromatic carbocycles. The molecule has 1 aliphatic carbocycles. The number of anilines is 2. The van der Waals surface area contributed by atoms with E-state index in [0.29, 0.717) is 5.82 Å². The molecule has 2 aromatic heterocycles. The minimum Gasteiger partial charge on any atom is -0.378 e. The van der Waals surface area contributed by atoms with Crippen LogP contribution in [0.1, 0.15) is 22.4 Å². The monoisotopic (exact) mass is 426 g/mol. The maximum Gasteiger partial charge on any atom is 0.200 e. The van der Waals surface area contributed by atoms with Crippen LogP contribution in [-0.2, 0) is 11.8 Å². The number of fused-ring (bicyclic) bond motifs is 1. The van der Waals surface area contributed by atoms with E-state index in [1.807, 2.05) is 0 Å². The van der Waals surface area contributed by atoms with Crippen LogP contribution in [0.5, 0.6) is 0 Å². The van der Waals surface area contributed by atoms with E-state index in [2.05, 4.69) is 129 Å². The molecule has 0 aliphatic heterocycles. The normalized spacial score (nSPS) is 14.2. The number of H-pyrrole nitrogens is 2. The minimum absolute atomic E-state index is 0.339. The van der Waals surface area contributed by atoms with Crippen molar-refractivity contribution in [3.8, 4) is 11.5 Å². The van der Waals surface area contributed by atoms with Crippen LogP contribution in [0.4, 0.5) is 11.4 Å². The Morgan fingerprint density at radius 2 is 1.53 bits per heavy atom. The predicted molar refractivity (Wildman–Crippen MR) is 127 cm³/mol. The van der Waals surface area contributed by atoms with E-state index in [0.717, 1.165) is 23.4 Å². The van der Waals surface area contributed by atoms with E-state index in [-0.39, 0.29) is 5.41 Å². The fourth-order valence-corrected chi connectivity index (χ4v) is 4.39. The molecule has 4 aromatic rings. The Hall–Kier alpha value is -3.94. The number of allylic oxidation sites excluding steroid dienone is 1. The second kappa shape index (κ2) is 7.64. The van der Waals surface area contributed by atoms with Crippen molar-refractivity contribution in [1.82, 2.24) is 30.8 Å². The number of tetrazole rings is 1. The second-order valence-corrected chi connectivity index (χ2v) is 8.59. The van der Waals surface area contributed by atoms with E-state index in [9.17, 15) is 0 Å². The number of nitrogens with one attached hydrogen (secondary N) is 2. The summed E-state index contributed by atoms with van der Waals surface area (Å²) in [5.74, 6) is 0.559. The highest BCUT2D eigenvalue weighted by atomic mass is 15.5. The summed E-state index contributed by atoms with van der Waals surface area (Å²) in [4.78, 5) is 4.27. The van der Waals surface area contributed by atoms with Gasteiger partial charge >= 0.3 is 0 Å². The van der Waals surface area contributed by atoms with Gasteiger partial charge in [0.25, 0.3) is 0 Å². The van der Waals surface area contributed by atoms with Gasteiger partial charge in [0.05, 0.1) is 0 Å². The third-order valence-electron chi connectivity index (χ3n) is 6.20. The van der Waals surface area contributed by atoms with Gasteiger partial charge in [-0.25, -0.2) is 5.10 Å². The van der Waals surface area contributed by atoms with Gasteiger partial charge in [-0.2, -0.15) is 5.10 Å². The SMILES string of the molecule is CN(C)c1cccc(C2(c3cccc(N(C)C)c3)C=Cc3c(-c4nnn[nH]4)n[nH]c3C2)c1. The van der Waals surface area contributed by atoms with Crippen LogP contribution in [0, 0.1) is 0 Å². The van der Waals surface area contributed by atoms with Crippen LogP contribution in [-0.4, -0.2) is 59.0 Å². The summed E-state index contributed by atoms with van der Waals surface area (Å²) in [5, 5.41) is 22.0. The lowest BCUT2D eigenvalue weighted by Gasteiger charge is -2.35. The van der Waals surface area contributed by atoms with Crippen LogP contribution >= 0.6 is 0 Å². The van der Waals surface area contributed by atoms with Gasteiger partial charge in [-0.15, -0.1) is 5.10 Å². The molecule has 0 spiro atoms. The van der Waals surface area contributed by atoms with Crippen LogP contribution in [0.3, 0.4) is 0 Å². The Balaban J connectivity index is 1.69. The lowest BCUT2D eigenvalue weighted by molar-refractivity contribution is 0.620. The zero-order valence-electron chi connectivity index (χ0n) is 18.7. The molecule has 2 heterocycles. The Morgan fingerprint density at radius 1 is 0.875 bits per heavy atom. The molecule has 0 amide bonds. The van der Waals surface area contributed by atoms with Crippen molar-refractivity contribution in [1.29, 1.82) is 0 Å². The number of hydrogen-bond acceptors (Lipinski definition) is 6. The zero-order valence-corrected chi connectivity index (χ0v) is 18.7. The summed E-state index contributed by atoms with van der Waals surface area (Å²) < 4.78 is 0. The quantitative estimate of drug-likeness (QED) is 0.509. The van der Waals surface area contributed by atoms with E-state index in [1.54, 1.807) is 0 Å². The fraction of sp³-hybridized carbons (Fsp3) is 0.250. The maximum absolute atomic E-state index is 4.52. The highest BCUT2D eigenvalue weighted by Gasteiger charge is 2.37. The van der Waals surface area contributed by atoms with Crippen LogP contribution < -0.4 is 9.80 Å². The lowest BCUT2D eigenvalue weighted by Crippen LogP contribution is -2.31. The molecule has 0 fully saturated rings. The van der Waals surface area contributed by atoms with Gasteiger partial charge in [-0.05, 0) is 45.8 Å².